The molecule has 5 nitrogen and oxygen atoms in total. The summed E-state index contributed by atoms with van der Waals surface area (Å²) < 4.78 is 145. The number of alkyl halides is 9. The van der Waals surface area contributed by atoms with Gasteiger partial charge in [0.25, 0.3) is 5.91 Å². The molecule has 1 amide bonds. The number of Topliss-reactive ketones (excluding diaryl/α,β-unsaturated/α-hetero) is 1. The average molecular weight is 674 g/mol. The van der Waals surface area contributed by atoms with E-state index in [-0.39, 0.29) is 46.8 Å². The summed E-state index contributed by atoms with van der Waals surface area (Å²) in [4.78, 5) is 27.9. The van der Waals surface area contributed by atoms with Gasteiger partial charge in [-0.3, -0.25) is 9.59 Å². The molecule has 0 spiro atoms. The molecule has 0 unspecified atom stereocenters. The van der Waals surface area contributed by atoms with E-state index in [4.69, 9.17) is 16.3 Å². The van der Waals surface area contributed by atoms with Crippen LogP contribution in [0.25, 0.3) is 0 Å². The van der Waals surface area contributed by atoms with Crippen LogP contribution in [0.1, 0.15) is 44.3 Å². The largest absolute Gasteiger partial charge is 0.494 e. The minimum Gasteiger partial charge on any atom is -0.494 e. The molecule has 0 aliphatic heterocycles. The molecule has 0 radical (unpaired) electrons. The third kappa shape index (κ3) is 6.82. The lowest BCUT2D eigenvalue weighted by Gasteiger charge is -2.31. The van der Waals surface area contributed by atoms with Crippen LogP contribution in [0, 0.1) is 12.7 Å². The molecule has 45 heavy (non-hydrogen) atoms. The molecule has 0 aliphatic carbocycles. The second kappa shape index (κ2) is 13.2. The van der Waals surface area contributed by atoms with E-state index in [9.17, 15) is 53.5 Å². The van der Waals surface area contributed by atoms with E-state index in [1.165, 1.54) is 37.3 Å². The van der Waals surface area contributed by atoms with Crippen molar-refractivity contribution in [3.63, 3.8) is 0 Å². The van der Waals surface area contributed by atoms with E-state index >= 15 is 0 Å². The maximum atomic E-state index is 14.7. The van der Waals surface area contributed by atoms with E-state index < -0.39 is 70.5 Å². The molecular formula is C29H22ClF10NO4. The molecule has 0 N–H and O–H groups in total. The highest BCUT2D eigenvalue weighted by Crippen LogP contribution is 2.54. The van der Waals surface area contributed by atoms with Gasteiger partial charge in [0.15, 0.2) is 11.5 Å². The van der Waals surface area contributed by atoms with Crippen molar-refractivity contribution in [3.8, 4) is 11.5 Å². The lowest BCUT2D eigenvalue weighted by atomic mass is 9.91. The van der Waals surface area contributed by atoms with Crippen molar-refractivity contribution in [2.45, 2.75) is 44.9 Å². The van der Waals surface area contributed by atoms with Gasteiger partial charge in [-0.05, 0) is 55.8 Å². The van der Waals surface area contributed by atoms with E-state index in [1.54, 1.807) is 6.92 Å². The highest BCUT2D eigenvalue weighted by molar-refractivity contribution is 6.32. The minimum atomic E-state index is -6.59. The van der Waals surface area contributed by atoms with Crippen LogP contribution in [0.3, 0.4) is 0 Å². The average Bonchev–Trinajstić information content (AvgIpc) is 2.94. The molecule has 0 fully saturated rings. The van der Waals surface area contributed by atoms with E-state index in [2.05, 4.69) is 4.74 Å². The Labute approximate surface area is 254 Å². The molecule has 0 heterocycles. The number of para-hydroxylation sites is 1. The summed E-state index contributed by atoms with van der Waals surface area (Å²) in [5.41, 5.74) is -9.32. The lowest BCUT2D eigenvalue weighted by molar-refractivity contribution is -0.348. The quantitative estimate of drug-likeness (QED) is 0.160. The number of nitrogens with zero attached hydrogens (tertiary/aromatic N) is 1. The zero-order chi connectivity index (χ0) is 34.1. The number of carbonyl (C=O) groups is 2. The van der Waals surface area contributed by atoms with Crippen molar-refractivity contribution in [1.29, 1.82) is 0 Å². The zero-order valence-electron chi connectivity index (χ0n) is 23.3. The number of carbonyl (C=O) groups excluding carboxylic acids is 2. The normalized spacial score (nSPS) is 12.3. The highest BCUT2D eigenvalue weighted by atomic mass is 35.5. The molecule has 3 rings (SSSR count). The van der Waals surface area contributed by atoms with Crippen molar-refractivity contribution >= 4 is 29.0 Å². The maximum absolute atomic E-state index is 14.7. The third-order valence-corrected chi connectivity index (χ3v) is 7.07. The number of amides is 1. The van der Waals surface area contributed by atoms with Crippen molar-refractivity contribution in [2.24, 2.45) is 0 Å². The topological polar surface area (TPSA) is 55.8 Å². The Balaban J connectivity index is 2.13. The summed E-state index contributed by atoms with van der Waals surface area (Å²) >= 11 is 5.88. The van der Waals surface area contributed by atoms with Gasteiger partial charge in [0.2, 0.25) is 0 Å². The number of hydrogen-bond acceptors (Lipinski definition) is 4. The Hall–Kier alpha value is -4.01. The number of rotatable bonds is 10. The number of anilines is 1. The van der Waals surface area contributed by atoms with Gasteiger partial charge in [-0.2, -0.15) is 35.1 Å². The first-order valence-electron chi connectivity index (χ1n) is 12.7. The predicted molar refractivity (Wildman–Crippen MR) is 142 cm³/mol. The van der Waals surface area contributed by atoms with Gasteiger partial charge in [0.1, 0.15) is 11.6 Å². The molecule has 0 saturated heterocycles. The summed E-state index contributed by atoms with van der Waals surface area (Å²) in [5, 5.41) is -1.12. The second-order valence-electron chi connectivity index (χ2n) is 9.39. The molecule has 0 aliphatic rings. The Morgan fingerprint density at radius 3 is 2.04 bits per heavy atom. The summed E-state index contributed by atoms with van der Waals surface area (Å²) in [6.07, 6.45) is -14.2. The van der Waals surface area contributed by atoms with Gasteiger partial charge in [-0.15, -0.1) is 0 Å². The van der Waals surface area contributed by atoms with Gasteiger partial charge in [0.05, 0.1) is 18.4 Å². The molecule has 3 aromatic carbocycles. The van der Waals surface area contributed by atoms with Gasteiger partial charge >= 0.3 is 24.6 Å². The smallest absolute Gasteiger partial charge is 0.435 e. The predicted octanol–water partition coefficient (Wildman–Crippen LogP) is 8.78. The van der Waals surface area contributed by atoms with Crippen LogP contribution in [-0.2, 0) is 12.1 Å². The van der Waals surface area contributed by atoms with Crippen LogP contribution in [0.5, 0.6) is 11.5 Å². The summed E-state index contributed by atoms with van der Waals surface area (Å²) in [5.74, 6) is -4.03. The fourth-order valence-electron chi connectivity index (χ4n) is 4.51. The molecular weight excluding hydrogens is 652 g/mol. The van der Waals surface area contributed by atoms with Crippen molar-refractivity contribution < 1.29 is 63.0 Å². The lowest BCUT2D eigenvalue weighted by Crippen LogP contribution is -2.50. The van der Waals surface area contributed by atoms with E-state index in [1.807, 2.05) is 0 Å². The van der Waals surface area contributed by atoms with Crippen LogP contribution >= 0.6 is 11.6 Å². The van der Waals surface area contributed by atoms with Crippen LogP contribution in [-0.4, -0.2) is 44.3 Å². The Morgan fingerprint density at radius 2 is 1.51 bits per heavy atom. The van der Waals surface area contributed by atoms with Crippen LogP contribution in [0.2, 0.25) is 5.02 Å². The fraction of sp³-hybridized carbons (Fsp3) is 0.310. The number of halogens is 11. The first kappa shape index (κ1) is 35.5. The number of benzene rings is 3. The minimum absolute atomic E-state index is 0.00239. The summed E-state index contributed by atoms with van der Waals surface area (Å²) in [7, 11) is 1.11. The SMILES string of the molecule is CCN(C(=O)c1cccc(F)c1C)c1cccc(C(=O)Cc2c(Cl)cc(C(F)(C(F)(F)F)C(F)(F)F)cc2OC(F)F)c1OC. The third-order valence-electron chi connectivity index (χ3n) is 6.74. The number of hydrogen-bond donors (Lipinski definition) is 0. The maximum Gasteiger partial charge on any atom is 0.435 e. The van der Waals surface area contributed by atoms with Gasteiger partial charge in [-0.25, -0.2) is 8.78 Å². The van der Waals surface area contributed by atoms with Gasteiger partial charge in [0, 0.05) is 34.7 Å². The zero-order valence-corrected chi connectivity index (χ0v) is 24.1. The molecule has 0 aromatic heterocycles. The summed E-state index contributed by atoms with van der Waals surface area (Å²) in [6, 6.07) is 7.32. The number of ketones is 1. The molecule has 3 aromatic rings. The first-order chi connectivity index (χ1) is 20.8. The fourth-order valence-corrected chi connectivity index (χ4v) is 4.78. The molecule has 244 valence electrons. The standard InChI is InChI=1S/C29H22ClF10NO4/c1-4-41(25(43)16-7-5-9-20(31)14(16)2)21-10-6-8-17(24(21)44-3)22(42)13-18-19(30)11-15(12-23(18)45-26(32)33)27(34,28(35,36)37)29(38,39)40/h5-12,26H,4,13H2,1-3H3. The first-order valence-corrected chi connectivity index (χ1v) is 13.0. The van der Waals surface area contributed by atoms with E-state index in [0.717, 1.165) is 18.1 Å². The molecule has 16 heteroatoms. The van der Waals surface area contributed by atoms with Crippen LogP contribution < -0.4 is 14.4 Å². The monoisotopic (exact) mass is 673 g/mol. The van der Waals surface area contributed by atoms with Crippen molar-refractivity contribution in [3.05, 3.63) is 87.2 Å². The van der Waals surface area contributed by atoms with Crippen molar-refractivity contribution in [2.75, 3.05) is 18.6 Å². The molecule has 0 bridgehead atoms. The summed E-state index contributed by atoms with van der Waals surface area (Å²) in [6.45, 7) is -0.920. The van der Waals surface area contributed by atoms with Crippen LogP contribution in [0.15, 0.2) is 48.5 Å². The Kier molecular flexibility index (Phi) is 10.4. The number of methoxy groups -OCH3 is 1. The van der Waals surface area contributed by atoms with Gasteiger partial charge in [-0.1, -0.05) is 23.7 Å². The van der Waals surface area contributed by atoms with Crippen LogP contribution in [0.4, 0.5) is 49.6 Å². The highest BCUT2D eigenvalue weighted by Gasteiger charge is 2.73. The number of ether oxygens (including phenoxy) is 2. The van der Waals surface area contributed by atoms with E-state index in [0.29, 0.717) is 0 Å². The Morgan fingerprint density at radius 1 is 0.933 bits per heavy atom. The second-order valence-corrected chi connectivity index (χ2v) is 9.79. The van der Waals surface area contributed by atoms with Crippen molar-refractivity contribution in [1.82, 2.24) is 0 Å². The molecule has 0 atom stereocenters. The molecule has 0 saturated carbocycles. The van der Waals surface area contributed by atoms with Gasteiger partial charge < -0.3 is 14.4 Å². The Bertz CT molecular complexity index is 1580.